The fourth-order valence-electron chi connectivity index (χ4n) is 3.31. The second kappa shape index (κ2) is 5.12. The number of allylic oxidation sites excluding steroid dienone is 2. The van der Waals surface area contributed by atoms with Gasteiger partial charge in [0.2, 0.25) is 5.91 Å². The largest absolute Gasteiger partial charge is 0.481 e. The Morgan fingerprint density at radius 1 is 1.22 bits per heavy atom. The van der Waals surface area contributed by atoms with Crippen LogP contribution >= 0.6 is 0 Å². The lowest BCUT2D eigenvalue weighted by Crippen LogP contribution is -2.44. The summed E-state index contributed by atoms with van der Waals surface area (Å²) in [6, 6.07) is 0.162. The molecule has 2 unspecified atom stereocenters. The molecule has 0 radical (unpaired) electrons. The maximum Gasteiger partial charge on any atom is 0.307 e. The molecule has 18 heavy (non-hydrogen) atoms. The summed E-state index contributed by atoms with van der Waals surface area (Å²) < 4.78 is 0. The molecule has 4 nitrogen and oxygen atoms in total. The Morgan fingerprint density at radius 3 is 2.28 bits per heavy atom. The van der Waals surface area contributed by atoms with Crippen molar-refractivity contribution in [3.8, 4) is 0 Å². The van der Waals surface area contributed by atoms with Crippen LogP contribution in [0.15, 0.2) is 12.2 Å². The topological polar surface area (TPSA) is 66.4 Å². The Labute approximate surface area is 107 Å². The second-order valence-electron chi connectivity index (χ2n) is 5.36. The molecule has 0 spiro atoms. The Kier molecular flexibility index (Phi) is 3.73. The third-order valence-corrected chi connectivity index (χ3v) is 4.38. The van der Waals surface area contributed by atoms with Crippen LogP contribution in [-0.4, -0.2) is 23.0 Å². The molecule has 4 heteroatoms. The highest BCUT2D eigenvalue weighted by Crippen LogP contribution is 2.48. The van der Waals surface area contributed by atoms with Crippen LogP contribution in [0, 0.1) is 23.7 Å². The van der Waals surface area contributed by atoms with E-state index in [9.17, 15) is 14.7 Å². The van der Waals surface area contributed by atoms with E-state index < -0.39 is 11.9 Å². The number of hydrogen-bond donors (Lipinski definition) is 2. The molecule has 4 atom stereocenters. The summed E-state index contributed by atoms with van der Waals surface area (Å²) in [5.74, 6) is -1.66. The van der Waals surface area contributed by atoms with Gasteiger partial charge in [0.05, 0.1) is 11.8 Å². The lowest BCUT2D eigenvalue weighted by molar-refractivity contribution is -0.148. The third kappa shape index (κ3) is 2.16. The van der Waals surface area contributed by atoms with Gasteiger partial charge in [0.25, 0.3) is 0 Å². The normalized spacial score (nSPS) is 33.1. The fraction of sp³-hybridized carbons (Fsp3) is 0.714. The Morgan fingerprint density at radius 2 is 1.78 bits per heavy atom. The van der Waals surface area contributed by atoms with Crippen molar-refractivity contribution in [2.24, 2.45) is 23.7 Å². The van der Waals surface area contributed by atoms with Gasteiger partial charge in [-0.1, -0.05) is 26.0 Å². The number of hydrogen-bond acceptors (Lipinski definition) is 2. The number of nitrogens with one attached hydrogen (secondary N) is 1. The van der Waals surface area contributed by atoms with Gasteiger partial charge >= 0.3 is 5.97 Å². The van der Waals surface area contributed by atoms with Gasteiger partial charge < -0.3 is 10.4 Å². The van der Waals surface area contributed by atoms with Crippen molar-refractivity contribution in [3.05, 3.63) is 12.2 Å². The van der Waals surface area contributed by atoms with E-state index in [1.165, 1.54) is 0 Å². The molecule has 0 aliphatic heterocycles. The second-order valence-corrected chi connectivity index (χ2v) is 5.36. The lowest BCUT2D eigenvalue weighted by Gasteiger charge is -2.26. The highest BCUT2D eigenvalue weighted by atomic mass is 16.4. The van der Waals surface area contributed by atoms with Gasteiger partial charge in [0.1, 0.15) is 0 Å². The van der Waals surface area contributed by atoms with Gasteiger partial charge in [0, 0.05) is 6.04 Å². The van der Waals surface area contributed by atoms with Crippen LogP contribution in [0.2, 0.25) is 0 Å². The molecule has 1 fully saturated rings. The average molecular weight is 251 g/mol. The van der Waals surface area contributed by atoms with E-state index in [0.29, 0.717) is 0 Å². The van der Waals surface area contributed by atoms with E-state index in [0.717, 1.165) is 19.3 Å². The van der Waals surface area contributed by atoms with Crippen molar-refractivity contribution in [1.29, 1.82) is 0 Å². The molecular formula is C14H21NO3. The van der Waals surface area contributed by atoms with Gasteiger partial charge in [-0.2, -0.15) is 0 Å². The molecule has 2 aliphatic carbocycles. The smallest absolute Gasteiger partial charge is 0.307 e. The Bertz CT molecular complexity index is 373. The molecule has 2 aliphatic rings. The van der Waals surface area contributed by atoms with Gasteiger partial charge in [-0.3, -0.25) is 9.59 Å². The molecule has 0 aromatic rings. The monoisotopic (exact) mass is 251 g/mol. The SMILES string of the molecule is CCC(CC)NC(=O)[C@H]1C2C=CC(C2)[C@H]1C(=O)O. The first-order valence-electron chi connectivity index (χ1n) is 6.80. The van der Waals surface area contributed by atoms with Crippen molar-refractivity contribution >= 4 is 11.9 Å². The first-order chi connectivity index (χ1) is 8.58. The minimum absolute atomic E-state index is 0.0463. The molecule has 1 saturated carbocycles. The van der Waals surface area contributed by atoms with E-state index in [4.69, 9.17) is 0 Å². The number of amides is 1. The predicted molar refractivity (Wildman–Crippen MR) is 67.9 cm³/mol. The van der Waals surface area contributed by atoms with E-state index in [1.807, 2.05) is 26.0 Å². The summed E-state index contributed by atoms with van der Waals surface area (Å²) in [7, 11) is 0. The van der Waals surface area contributed by atoms with E-state index in [1.54, 1.807) is 0 Å². The summed E-state index contributed by atoms with van der Waals surface area (Å²) in [6.07, 6.45) is 6.57. The summed E-state index contributed by atoms with van der Waals surface area (Å²) >= 11 is 0. The minimum Gasteiger partial charge on any atom is -0.481 e. The highest BCUT2D eigenvalue weighted by molar-refractivity contribution is 5.87. The summed E-state index contributed by atoms with van der Waals surface area (Å²) in [6.45, 7) is 4.06. The van der Waals surface area contributed by atoms with E-state index in [-0.39, 0.29) is 29.7 Å². The summed E-state index contributed by atoms with van der Waals surface area (Å²) in [5, 5.41) is 12.3. The average Bonchev–Trinajstić information content (AvgIpc) is 2.95. The molecule has 0 aromatic carbocycles. The van der Waals surface area contributed by atoms with Crippen LogP contribution in [0.25, 0.3) is 0 Å². The number of carbonyl (C=O) groups is 2. The van der Waals surface area contributed by atoms with Gasteiger partial charge in [0.15, 0.2) is 0 Å². The maximum atomic E-state index is 12.3. The zero-order valence-electron chi connectivity index (χ0n) is 10.9. The molecule has 0 aromatic heterocycles. The maximum absolute atomic E-state index is 12.3. The third-order valence-electron chi connectivity index (χ3n) is 4.38. The van der Waals surface area contributed by atoms with Crippen LogP contribution in [-0.2, 0) is 9.59 Å². The number of carboxylic acid groups (broad SMARTS) is 1. The molecule has 0 heterocycles. The molecule has 100 valence electrons. The number of aliphatic carboxylic acids is 1. The summed E-state index contributed by atoms with van der Waals surface area (Å²) in [4.78, 5) is 23.6. The van der Waals surface area contributed by atoms with Crippen LogP contribution in [0.1, 0.15) is 33.1 Å². The number of rotatable bonds is 5. The van der Waals surface area contributed by atoms with Crippen molar-refractivity contribution in [3.63, 3.8) is 0 Å². The van der Waals surface area contributed by atoms with Crippen molar-refractivity contribution < 1.29 is 14.7 Å². The van der Waals surface area contributed by atoms with Crippen LogP contribution < -0.4 is 5.32 Å². The molecular weight excluding hydrogens is 230 g/mol. The lowest BCUT2D eigenvalue weighted by atomic mass is 9.82. The number of carbonyl (C=O) groups excluding carboxylic acids is 1. The van der Waals surface area contributed by atoms with Crippen molar-refractivity contribution in [2.45, 2.75) is 39.2 Å². The first kappa shape index (κ1) is 13.1. The van der Waals surface area contributed by atoms with E-state index >= 15 is 0 Å². The zero-order chi connectivity index (χ0) is 13.3. The van der Waals surface area contributed by atoms with Crippen LogP contribution in [0.5, 0.6) is 0 Å². The van der Waals surface area contributed by atoms with Gasteiger partial charge in [-0.05, 0) is 31.1 Å². The molecule has 2 bridgehead atoms. The quantitative estimate of drug-likeness (QED) is 0.732. The summed E-state index contributed by atoms with van der Waals surface area (Å²) in [5.41, 5.74) is 0. The highest BCUT2D eigenvalue weighted by Gasteiger charge is 2.51. The predicted octanol–water partition coefficient (Wildman–Crippen LogP) is 1.81. The van der Waals surface area contributed by atoms with E-state index in [2.05, 4.69) is 5.32 Å². The minimum atomic E-state index is -0.837. The van der Waals surface area contributed by atoms with Crippen molar-refractivity contribution in [2.75, 3.05) is 0 Å². The number of fused-ring (bicyclic) bond motifs is 2. The Balaban J connectivity index is 2.09. The Hall–Kier alpha value is -1.32. The van der Waals surface area contributed by atoms with Gasteiger partial charge in [-0.15, -0.1) is 0 Å². The fourth-order valence-corrected chi connectivity index (χ4v) is 3.31. The standard InChI is InChI=1S/C14H21NO3/c1-3-10(4-2)15-13(16)11-8-5-6-9(7-8)12(11)14(17)18/h5-6,8-12H,3-4,7H2,1-2H3,(H,15,16)(H,17,18)/t8?,9?,11-,12+/m0/s1. The van der Waals surface area contributed by atoms with Crippen LogP contribution in [0.4, 0.5) is 0 Å². The molecule has 1 amide bonds. The number of carboxylic acids is 1. The van der Waals surface area contributed by atoms with Crippen molar-refractivity contribution in [1.82, 2.24) is 5.32 Å². The zero-order valence-corrected chi connectivity index (χ0v) is 10.9. The van der Waals surface area contributed by atoms with Gasteiger partial charge in [-0.25, -0.2) is 0 Å². The molecule has 2 N–H and O–H groups in total. The molecule has 2 rings (SSSR count). The van der Waals surface area contributed by atoms with Crippen LogP contribution in [0.3, 0.4) is 0 Å². The first-order valence-corrected chi connectivity index (χ1v) is 6.80. The molecule has 0 saturated heterocycles.